The summed E-state index contributed by atoms with van der Waals surface area (Å²) >= 11 is 2.42. The fraction of sp³-hybridized carbons (Fsp3) is 0.385. The lowest BCUT2D eigenvalue weighted by atomic mass is 9.83. The van der Waals surface area contributed by atoms with Crippen LogP contribution in [-0.2, 0) is 11.8 Å². The summed E-state index contributed by atoms with van der Waals surface area (Å²) in [5.74, 6) is 0. The third-order valence-electron chi connectivity index (χ3n) is 3.20. The van der Waals surface area contributed by atoms with E-state index in [1.807, 2.05) is 0 Å². The molecule has 0 unspecified atom stereocenters. The normalized spacial score (nSPS) is 21.2. The van der Waals surface area contributed by atoms with Crippen LogP contribution in [0.1, 0.15) is 25.0 Å². The molecule has 1 aromatic rings. The Morgan fingerprint density at radius 1 is 1.36 bits per heavy atom. The zero-order chi connectivity index (χ0) is 10.2. The van der Waals surface area contributed by atoms with Crippen molar-refractivity contribution in [3.05, 3.63) is 47.0 Å². The number of hydrogen-bond donors (Lipinski definition) is 0. The Morgan fingerprint density at radius 3 is 2.71 bits per heavy atom. The first-order valence-corrected chi connectivity index (χ1v) is 6.52. The molecule has 0 amide bonds. The second-order valence-corrected chi connectivity index (χ2v) is 5.22. The molecule has 0 aromatic heterocycles. The molecule has 0 nitrogen and oxygen atoms in total. The molecule has 0 atom stereocenters. The van der Waals surface area contributed by atoms with Gasteiger partial charge >= 0.3 is 0 Å². The molecule has 0 fully saturated rings. The maximum atomic E-state index is 2.42. The first kappa shape index (κ1) is 10.2. The molecule has 1 aliphatic rings. The van der Waals surface area contributed by atoms with E-state index in [9.17, 15) is 0 Å². The van der Waals surface area contributed by atoms with Crippen LogP contribution in [-0.4, -0.2) is 4.43 Å². The Bertz CT molecular complexity index is 375. The summed E-state index contributed by atoms with van der Waals surface area (Å²) in [6, 6.07) is 8.81. The van der Waals surface area contributed by atoms with Gasteiger partial charge in [-0.2, -0.15) is 0 Å². The third kappa shape index (κ3) is 1.52. The molecule has 0 saturated heterocycles. The fourth-order valence-electron chi connectivity index (χ4n) is 2.30. The Balaban J connectivity index is 2.50. The van der Waals surface area contributed by atoms with Crippen molar-refractivity contribution in [2.24, 2.45) is 0 Å². The van der Waals surface area contributed by atoms with Crippen molar-refractivity contribution in [3.8, 4) is 0 Å². The summed E-state index contributed by atoms with van der Waals surface area (Å²) in [6.45, 7) is 4.66. The SMILES string of the molecule is CC1(C)/C(=C/CI)Cc2ccccc21. The zero-order valence-electron chi connectivity index (χ0n) is 8.68. The van der Waals surface area contributed by atoms with Crippen LogP contribution in [0.5, 0.6) is 0 Å². The van der Waals surface area contributed by atoms with E-state index < -0.39 is 0 Å². The largest absolute Gasteiger partial charge is 0.0818 e. The lowest BCUT2D eigenvalue weighted by Gasteiger charge is -2.21. The molecule has 1 heteroatoms. The van der Waals surface area contributed by atoms with Gasteiger partial charge in [-0.15, -0.1) is 0 Å². The average Bonchev–Trinajstić information content (AvgIpc) is 2.41. The smallest absolute Gasteiger partial charge is 0.0178 e. The summed E-state index contributed by atoms with van der Waals surface area (Å²) in [7, 11) is 0. The second kappa shape index (κ2) is 3.69. The molecule has 74 valence electrons. The van der Waals surface area contributed by atoms with Gasteiger partial charge < -0.3 is 0 Å². The van der Waals surface area contributed by atoms with E-state index in [0.29, 0.717) is 0 Å². The van der Waals surface area contributed by atoms with Gasteiger partial charge in [-0.05, 0) is 17.5 Å². The number of hydrogen-bond acceptors (Lipinski definition) is 0. The number of allylic oxidation sites excluding steroid dienone is 2. The maximum Gasteiger partial charge on any atom is 0.0178 e. The molecule has 0 saturated carbocycles. The molecule has 1 aliphatic carbocycles. The van der Waals surface area contributed by atoms with E-state index in [0.717, 1.165) is 10.8 Å². The molecular weight excluding hydrogens is 283 g/mol. The Morgan fingerprint density at radius 2 is 2.07 bits per heavy atom. The number of rotatable bonds is 1. The van der Waals surface area contributed by atoms with E-state index in [4.69, 9.17) is 0 Å². The monoisotopic (exact) mass is 298 g/mol. The Labute approximate surface area is 99.6 Å². The maximum absolute atomic E-state index is 2.42. The van der Waals surface area contributed by atoms with E-state index in [1.165, 1.54) is 11.1 Å². The number of benzene rings is 1. The number of alkyl halides is 1. The van der Waals surface area contributed by atoms with Crippen LogP contribution in [0, 0.1) is 0 Å². The molecule has 0 heterocycles. The highest BCUT2D eigenvalue weighted by molar-refractivity contribution is 14.1. The molecular formula is C13H15I. The van der Waals surface area contributed by atoms with Gasteiger partial charge in [0, 0.05) is 9.84 Å². The summed E-state index contributed by atoms with van der Waals surface area (Å²) in [5, 5.41) is 0. The number of fused-ring (bicyclic) bond motifs is 1. The summed E-state index contributed by atoms with van der Waals surface area (Å²) in [6.07, 6.45) is 3.52. The quantitative estimate of drug-likeness (QED) is 0.419. The summed E-state index contributed by atoms with van der Waals surface area (Å²) in [4.78, 5) is 0. The Kier molecular flexibility index (Phi) is 2.69. The average molecular weight is 298 g/mol. The predicted octanol–water partition coefficient (Wildman–Crippen LogP) is 3.88. The van der Waals surface area contributed by atoms with E-state index in [-0.39, 0.29) is 5.41 Å². The lowest BCUT2D eigenvalue weighted by Crippen LogP contribution is -2.15. The molecule has 14 heavy (non-hydrogen) atoms. The molecule has 0 spiro atoms. The van der Waals surface area contributed by atoms with Gasteiger partial charge in [-0.3, -0.25) is 0 Å². The van der Waals surface area contributed by atoms with Crippen molar-refractivity contribution in [2.75, 3.05) is 4.43 Å². The van der Waals surface area contributed by atoms with Gasteiger partial charge in [0.1, 0.15) is 0 Å². The van der Waals surface area contributed by atoms with Crippen LogP contribution in [0.4, 0.5) is 0 Å². The fourth-order valence-corrected chi connectivity index (χ4v) is 2.84. The standard InChI is InChI=1S/C13H15I/c1-13(2)11(7-8-14)9-10-5-3-4-6-12(10)13/h3-7H,8-9H2,1-2H3/b11-7+. The van der Waals surface area contributed by atoms with Crippen molar-refractivity contribution < 1.29 is 0 Å². The van der Waals surface area contributed by atoms with Crippen LogP contribution in [0.2, 0.25) is 0 Å². The topological polar surface area (TPSA) is 0 Å². The van der Waals surface area contributed by atoms with Gasteiger partial charge in [0.15, 0.2) is 0 Å². The lowest BCUT2D eigenvalue weighted by molar-refractivity contribution is 0.643. The summed E-state index contributed by atoms with van der Waals surface area (Å²) in [5.41, 5.74) is 4.85. The van der Waals surface area contributed by atoms with E-state index in [1.54, 1.807) is 5.57 Å². The van der Waals surface area contributed by atoms with Gasteiger partial charge in [0.2, 0.25) is 0 Å². The Hall–Kier alpha value is -0.310. The summed E-state index contributed by atoms with van der Waals surface area (Å²) < 4.78 is 1.12. The minimum atomic E-state index is 0.252. The zero-order valence-corrected chi connectivity index (χ0v) is 10.8. The molecule has 0 bridgehead atoms. The second-order valence-electron chi connectivity index (χ2n) is 4.34. The highest BCUT2D eigenvalue weighted by Gasteiger charge is 2.33. The minimum absolute atomic E-state index is 0.252. The third-order valence-corrected chi connectivity index (χ3v) is 3.64. The van der Waals surface area contributed by atoms with Gasteiger partial charge in [0.25, 0.3) is 0 Å². The van der Waals surface area contributed by atoms with Crippen LogP contribution >= 0.6 is 22.6 Å². The van der Waals surface area contributed by atoms with Gasteiger partial charge in [-0.25, -0.2) is 0 Å². The van der Waals surface area contributed by atoms with Crippen molar-refractivity contribution in [1.82, 2.24) is 0 Å². The van der Waals surface area contributed by atoms with Gasteiger partial charge in [-0.1, -0.05) is 72.4 Å². The first-order chi connectivity index (χ1) is 6.66. The molecule has 0 radical (unpaired) electrons. The minimum Gasteiger partial charge on any atom is -0.0818 e. The van der Waals surface area contributed by atoms with E-state index in [2.05, 4.69) is 66.8 Å². The number of halogens is 1. The van der Waals surface area contributed by atoms with Crippen molar-refractivity contribution in [1.29, 1.82) is 0 Å². The highest BCUT2D eigenvalue weighted by atomic mass is 127. The first-order valence-electron chi connectivity index (χ1n) is 5.00. The predicted molar refractivity (Wildman–Crippen MR) is 70.1 cm³/mol. The molecule has 2 rings (SSSR count). The van der Waals surface area contributed by atoms with Gasteiger partial charge in [0.05, 0.1) is 0 Å². The van der Waals surface area contributed by atoms with Crippen LogP contribution in [0.3, 0.4) is 0 Å². The van der Waals surface area contributed by atoms with Crippen LogP contribution in [0.15, 0.2) is 35.9 Å². The molecule has 1 aromatic carbocycles. The van der Waals surface area contributed by atoms with Crippen LogP contribution < -0.4 is 0 Å². The van der Waals surface area contributed by atoms with Crippen LogP contribution in [0.25, 0.3) is 0 Å². The van der Waals surface area contributed by atoms with Crippen molar-refractivity contribution >= 4 is 22.6 Å². The molecule has 0 aliphatic heterocycles. The van der Waals surface area contributed by atoms with Crippen molar-refractivity contribution in [3.63, 3.8) is 0 Å². The highest BCUT2D eigenvalue weighted by Crippen LogP contribution is 2.42. The van der Waals surface area contributed by atoms with E-state index >= 15 is 0 Å². The van der Waals surface area contributed by atoms with Crippen molar-refractivity contribution in [2.45, 2.75) is 25.7 Å². The molecule has 0 N–H and O–H groups in total.